The van der Waals surface area contributed by atoms with Crippen molar-refractivity contribution in [1.82, 2.24) is 0 Å². The normalized spacial score (nSPS) is 10.2. The number of hydrogen-bond acceptors (Lipinski definition) is 0. The summed E-state index contributed by atoms with van der Waals surface area (Å²) in [7, 11) is 0. The summed E-state index contributed by atoms with van der Waals surface area (Å²) in [6.07, 6.45) is 8.29. The lowest BCUT2D eigenvalue weighted by atomic mass is 10.0. The van der Waals surface area contributed by atoms with Gasteiger partial charge in [-0.15, -0.1) is 0 Å². The van der Waals surface area contributed by atoms with Gasteiger partial charge in [0.25, 0.3) is 0 Å². The van der Waals surface area contributed by atoms with E-state index < -0.39 is 11.6 Å². The Morgan fingerprint density at radius 2 is 1.06 bits per heavy atom. The molecule has 33 heavy (non-hydrogen) atoms. The molecule has 0 aliphatic heterocycles. The first kappa shape index (κ1) is 24.3. The number of rotatable bonds is 7. The molecule has 0 N–H and O–H groups in total. The molecule has 2 heteroatoms. The Morgan fingerprint density at radius 3 is 1.55 bits per heavy atom. The van der Waals surface area contributed by atoms with E-state index >= 15 is 0 Å². The Hall–Kier alpha value is -3.36. The van der Waals surface area contributed by atoms with Crippen LogP contribution in [-0.2, 0) is 12.8 Å². The lowest BCUT2D eigenvalue weighted by Gasteiger charge is -2.02. The maximum Gasteiger partial charge on any atom is 0.140 e. The minimum atomic E-state index is -0.572. The fraction of sp³-hybridized carbons (Fsp3) is 0.290. The van der Waals surface area contributed by atoms with E-state index in [2.05, 4.69) is 49.7 Å². The zero-order chi connectivity index (χ0) is 23.5. The molecule has 0 fully saturated rings. The van der Waals surface area contributed by atoms with Crippen LogP contribution in [0, 0.1) is 35.3 Å². The second-order valence-corrected chi connectivity index (χ2v) is 8.22. The quantitative estimate of drug-likeness (QED) is 0.259. The zero-order valence-corrected chi connectivity index (χ0v) is 19.5. The van der Waals surface area contributed by atoms with E-state index in [0.717, 1.165) is 36.1 Å². The number of aryl methyl sites for hydroxylation is 2. The summed E-state index contributed by atoms with van der Waals surface area (Å²) in [5.74, 6) is 10.2. The molecular weight excluding hydrogens is 410 g/mol. The fourth-order valence-corrected chi connectivity index (χ4v) is 3.53. The van der Waals surface area contributed by atoms with Gasteiger partial charge in [0.1, 0.15) is 11.6 Å². The van der Waals surface area contributed by atoms with E-state index in [0.29, 0.717) is 0 Å². The van der Waals surface area contributed by atoms with Gasteiger partial charge in [-0.2, -0.15) is 0 Å². The molecule has 3 aromatic carbocycles. The number of unbranched alkanes of at least 4 members (excludes halogenated alkanes) is 4. The number of hydrogen-bond donors (Lipinski definition) is 0. The molecule has 0 aliphatic rings. The second-order valence-electron chi connectivity index (χ2n) is 8.22. The molecule has 0 bridgehead atoms. The summed E-state index contributed by atoms with van der Waals surface area (Å²) >= 11 is 0. The third kappa shape index (κ3) is 7.62. The summed E-state index contributed by atoms with van der Waals surface area (Å²) in [4.78, 5) is 0. The molecule has 0 aliphatic carbocycles. The van der Waals surface area contributed by atoms with Crippen molar-refractivity contribution >= 4 is 0 Å². The lowest BCUT2D eigenvalue weighted by Crippen LogP contribution is -1.92. The minimum Gasteiger partial charge on any atom is -0.206 e. The van der Waals surface area contributed by atoms with Crippen LogP contribution in [0.4, 0.5) is 8.78 Å². The molecule has 0 heterocycles. The van der Waals surface area contributed by atoms with Crippen LogP contribution in [0.15, 0.2) is 60.7 Å². The molecule has 0 amide bonds. The van der Waals surface area contributed by atoms with Crippen molar-refractivity contribution in [2.45, 2.75) is 58.8 Å². The van der Waals surface area contributed by atoms with E-state index in [-0.39, 0.29) is 11.1 Å². The van der Waals surface area contributed by atoms with Crippen LogP contribution in [0.5, 0.6) is 0 Å². The molecule has 0 saturated heterocycles. The zero-order valence-electron chi connectivity index (χ0n) is 19.5. The third-order valence-electron chi connectivity index (χ3n) is 5.62. The standard InChI is InChI=1S/C31H30F2/c1-3-5-6-7-8-9-25-14-16-27(17-15-25)19-21-29-23-30(32)28(22-31(29)33)20-18-26-12-10-24(4-2)11-13-26/h10-17,22-23H,3-9H2,1-2H3. The van der Waals surface area contributed by atoms with Crippen LogP contribution in [-0.4, -0.2) is 0 Å². The van der Waals surface area contributed by atoms with Crippen LogP contribution in [0.3, 0.4) is 0 Å². The van der Waals surface area contributed by atoms with Gasteiger partial charge >= 0.3 is 0 Å². The first-order chi connectivity index (χ1) is 16.1. The SMILES string of the molecule is CCCCCCCc1ccc(C#Cc2cc(F)c(C#Cc3ccc(CC)cc3)cc2F)cc1. The Kier molecular flexibility index (Phi) is 9.29. The number of benzene rings is 3. The van der Waals surface area contributed by atoms with E-state index in [1.54, 1.807) is 0 Å². The minimum absolute atomic E-state index is 0.0286. The molecular formula is C31H30F2. The van der Waals surface area contributed by atoms with Gasteiger partial charge < -0.3 is 0 Å². The molecule has 0 nitrogen and oxygen atoms in total. The highest BCUT2D eigenvalue weighted by atomic mass is 19.1. The molecule has 0 atom stereocenters. The van der Waals surface area contributed by atoms with Crippen molar-refractivity contribution < 1.29 is 8.78 Å². The number of halogens is 2. The van der Waals surface area contributed by atoms with Crippen LogP contribution in [0.1, 0.15) is 79.3 Å². The molecule has 0 spiro atoms. The van der Waals surface area contributed by atoms with Gasteiger partial charge in [0.05, 0.1) is 11.1 Å². The molecule has 0 aromatic heterocycles. The van der Waals surface area contributed by atoms with Gasteiger partial charge in [-0.3, -0.25) is 0 Å². The van der Waals surface area contributed by atoms with Crippen molar-refractivity contribution in [3.05, 3.63) is 106 Å². The summed E-state index contributed by atoms with van der Waals surface area (Å²) in [5.41, 5.74) is 4.09. The highest BCUT2D eigenvalue weighted by Crippen LogP contribution is 2.15. The average molecular weight is 441 g/mol. The summed E-state index contributed by atoms with van der Waals surface area (Å²) < 4.78 is 29.0. The second kappa shape index (κ2) is 12.6. The van der Waals surface area contributed by atoms with Crippen LogP contribution in [0.2, 0.25) is 0 Å². The fourth-order valence-electron chi connectivity index (χ4n) is 3.53. The van der Waals surface area contributed by atoms with Gasteiger partial charge in [-0.05, 0) is 66.8 Å². The van der Waals surface area contributed by atoms with E-state index in [4.69, 9.17) is 0 Å². The Balaban J connectivity index is 1.66. The van der Waals surface area contributed by atoms with Gasteiger partial charge in [0.15, 0.2) is 0 Å². The van der Waals surface area contributed by atoms with E-state index in [9.17, 15) is 8.78 Å². The maximum atomic E-state index is 14.5. The van der Waals surface area contributed by atoms with Crippen LogP contribution >= 0.6 is 0 Å². The van der Waals surface area contributed by atoms with Gasteiger partial charge in [0, 0.05) is 11.1 Å². The smallest absolute Gasteiger partial charge is 0.140 e. The molecule has 0 unspecified atom stereocenters. The van der Waals surface area contributed by atoms with Gasteiger partial charge in [0.2, 0.25) is 0 Å². The highest BCUT2D eigenvalue weighted by molar-refractivity contribution is 5.49. The third-order valence-corrected chi connectivity index (χ3v) is 5.62. The molecule has 0 saturated carbocycles. The van der Waals surface area contributed by atoms with Crippen molar-refractivity contribution in [2.75, 3.05) is 0 Å². The van der Waals surface area contributed by atoms with Gasteiger partial charge in [-0.1, -0.05) is 87.5 Å². The van der Waals surface area contributed by atoms with Crippen molar-refractivity contribution in [1.29, 1.82) is 0 Å². The highest BCUT2D eigenvalue weighted by Gasteiger charge is 2.07. The monoisotopic (exact) mass is 440 g/mol. The molecule has 3 rings (SSSR count). The van der Waals surface area contributed by atoms with Crippen molar-refractivity contribution in [3.8, 4) is 23.7 Å². The molecule has 3 aromatic rings. The summed E-state index contributed by atoms with van der Waals surface area (Å²) in [5, 5.41) is 0. The predicted octanol–water partition coefficient (Wildman–Crippen LogP) is 7.84. The van der Waals surface area contributed by atoms with Crippen molar-refractivity contribution in [2.24, 2.45) is 0 Å². The largest absolute Gasteiger partial charge is 0.206 e. The molecule has 168 valence electrons. The Bertz CT molecular complexity index is 1160. The van der Waals surface area contributed by atoms with Crippen LogP contribution < -0.4 is 0 Å². The van der Waals surface area contributed by atoms with Crippen LogP contribution in [0.25, 0.3) is 0 Å². The van der Waals surface area contributed by atoms with Gasteiger partial charge in [-0.25, -0.2) is 8.78 Å². The first-order valence-electron chi connectivity index (χ1n) is 11.8. The molecule has 0 radical (unpaired) electrons. The Morgan fingerprint density at radius 1 is 0.576 bits per heavy atom. The lowest BCUT2D eigenvalue weighted by molar-refractivity contribution is 0.594. The summed E-state index contributed by atoms with van der Waals surface area (Å²) in [6.45, 7) is 4.30. The predicted molar refractivity (Wildman–Crippen MR) is 133 cm³/mol. The Labute approximate surface area is 197 Å². The van der Waals surface area contributed by atoms with E-state index in [1.165, 1.54) is 43.2 Å². The topological polar surface area (TPSA) is 0 Å². The van der Waals surface area contributed by atoms with Crippen molar-refractivity contribution in [3.63, 3.8) is 0 Å². The first-order valence-corrected chi connectivity index (χ1v) is 11.8. The maximum absolute atomic E-state index is 14.5. The summed E-state index contributed by atoms with van der Waals surface area (Å²) in [6, 6.07) is 18.0. The van der Waals surface area contributed by atoms with E-state index in [1.807, 2.05) is 36.4 Å². The average Bonchev–Trinajstić information content (AvgIpc) is 2.84.